The van der Waals surface area contributed by atoms with Crippen LogP contribution in [0.15, 0.2) is 0 Å². The maximum Gasteiger partial charge on any atom is 0.102 e. The van der Waals surface area contributed by atoms with E-state index >= 15 is 0 Å². The molecule has 15 heavy (non-hydrogen) atoms. The fraction of sp³-hybridized carbons (Fsp3) is 1.00. The minimum atomic E-state index is 0.839. The fourth-order valence-electron chi connectivity index (χ4n) is 2.37. The lowest BCUT2D eigenvalue weighted by molar-refractivity contribution is -0.917. The predicted molar refractivity (Wildman–Crippen MR) is 61.9 cm³/mol. The molecule has 0 spiro atoms. The van der Waals surface area contributed by atoms with Crippen molar-refractivity contribution in [2.75, 3.05) is 52.6 Å². The van der Waals surface area contributed by atoms with Crippen molar-refractivity contribution in [1.82, 2.24) is 0 Å². The Morgan fingerprint density at radius 3 is 1.73 bits per heavy atom. The van der Waals surface area contributed by atoms with Gasteiger partial charge in [-0.1, -0.05) is 0 Å². The summed E-state index contributed by atoms with van der Waals surface area (Å²) in [7, 11) is 0. The molecule has 0 aliphatic carbocycles. The van der Waals surface area contributed by atoms with Gasteiger partial charge >= 0.3 is 0 Å². The van der Waals surface area contributed by atoms with E-state index in [1.54, 1.807) is 0 Å². The molecule has 0 radical (unpaired) electrons. The maximum absolute atomic E-state index is 5.47. The van der Waals surface area contributed by atoms with E-state index in [9.17, 15) is 0 Å². The molecule has 0 aromatic carbocycles. The molecular weight excluding hydrogens is 190 g/mol. The second-order valence-corrected chi connectivity index (χ2v) is 4.34. The van der Waals surface area contributed by atoms with Gasteiger partial charge in [-0.2, -0.15) is 0 Å². The Hall–Kier alpha value is -0.120. The number of ether oxygens (including phenoxy) is 2. The van der Waals surface area contributed by atoms with Crippen LogP contribution in [0.2, 0.25) is 0 Å². The molecule has 3 nitrogen and oxygen atoms in total. The molecule has 90 valence electrons. The second kappa shape index (κ2) is 7.20. The smallest absolute Gasteiger partial charge is 0.102 e. The minimum absolute atomic E-state index is 0.839. The van der Waals surface area contributed by atoms with Crippen LogP contribution in [0.3, 0.4) is 0 Å². The molecule has 0 bridgehead atoms. The molecular formula is C12H26NO2+. The van der Waals surface area contributed by atoms with Crippen LogP contribution in [0.4, 0.5) is 0 Å². The number of nitrogens with zero attached hydrogens (tertiary/aromatic N) is 1. The molecule has 0 unspecified atom stereocenters. The molecule has 1 fully saturated rings. The van der Waals surface area contributed by atoms with Gasteiger partial charge in [0.15, 0.2) is 0 Å². The third-order valence-corrected chi connectivity index (χ3v) is 3.34. The van der Waals surface area contributed by atoms with Crippen molar-refractivity contribution in [3.05, 3.63) is 0 Å². The summed E-state index contributed by atoms with van der Waals surface area (Å²) in [6.07, 6.45) is 2.75. The predicted octanol–water partition coefficient (Wildman–Crippen LogP) is 1.67. The molecule has 0 atom stereocenters. The Bertz CT molecular complexity index is 144. The van der Waals surface area contributed by atoms with Gasteiger partial charge in [0.2, 0.25) is 0 Å². The topological polar surface area (TPSA) is 18.5 Å². The molecule has 1 rings (SSSR count). The number of rotatable bonds is 8. The van der Waals surface area contributed by atoms with Crippen molar-refractivity contribution < 1.29 is 14.0 Å². The summed E-state index contributed by atoms with van der Waals surface area (Å²) in [4.78, 5) is 0. The van der Waals surface area contributed by atoms with Gasteiger partial charge in [-0.15, -0.1) is 0 Å². The average Bonchev–Trinajstić information content (AvgIpc) is 2.68. The molecule has 3 heteroatoms. The normalized spacial score (nSPS) is 19.6. The third kappa shape index (κ3) is 4.49. The Morgan fingerprint density at radius 2 is 1.33 bits per heavy atom. The van der Waals surface area contributed by atoms with E-state index in [-0.39, 0.29) is 0 Å². The van der Waals surface area contributed by atoms with Crippen LogP contribution in [0.25, 0.3) is 0 Å². The van der Waals surface area contributed by atoms with Gasteiger partial charge in [0.05, 0.1) is 26.3 Å². The average molecular weight is 216 g/mol. The zero-order valence-corrected chi connectivity index (χ0v) is 10.3. The molecule has 0 N–H and O–H groups in total. The van der Waals surface area contributed by atoms with Crippen LogP contribution in [0.5, 0.6) is 0 Å². The van der Waals surface area contributed by atoms with Crippen LogP contribution < -0.4 is 0 Å². The van der Waals surface area contributed by atoms with Gasteiger partial charge in [0.1, 0.15) is 13.1 Å². The summed E-state index contributed by atoms with van der Waals surface area (Å²) in [6.45, 7) is 12.6. The highest BCUT2D eigenvalue weighted by molar-refractivity contribution is 4.55. The molecule has 1 saturated heterocycles. The zero-order chi connectivity index (χ0) is 11.0. The van der Waals surface area contributed by atoms with Gasteiger partial charge in [-0.05, 0) is 13.8 Å². The fourth-order valence-corrected chi connectivity index (χ4v) is 2.37. The van der Waals surface area contributed by atoms with E-state index in [2.05, 4.69) is 13.8 Å². The lowest BCUT2D eigenvalue weighted by Crippen LogP contribution is -2.49. The SMILES string of the molecule is CCOCC[N+]1(CCOCC)CCCC1. The first kappa shape index (κ1) is 12.9. The number of hydrogen-bond acceptors (Lipinski definition) is 2. The van der Waals surface area contributed by atoms with Crippen molar-refractivity contribution in [2.45, 2.75) is 26.7 Å². The Balaban J connectivity index is 2.26. The highest BCUT2D eigenvalue weighted by Gasteiger charge is 2.30. The molecule has 0 aromatic heterocycles. The molecule has 0 aromatic rings. The van der Waals surface area contributed by atoms with Crippen molar-refractivity contribution in [2.24, 2.45) is 0 Å². The van der Waals surface area contributed by atoms with E-state index < -0.39 is 0 Å². The first-order valence-corrected chi connectivity index (χ1v) is 6.33. The van der Waals surface area contributed by atoms with E-state index in [1.165, 1.54) is 43.5 Å². The van der Waals surface area contributed by atoms with Crippen LogP contribution in [0.1, 0.15) is 26.7 Å². The Morgan fingerprint density at radius 1 is 0.867 bits per heavy atom. The molecule has 1 aliphatic heterocycles. The first-order valence-electron chi connectivity index (χ1n) is 6.33. The van der Waals surface area contributed by atoms with Crippen molar-refractivity contribution in [3.8, 4) is 0 Å². The summed E-state index contributed by atoms with van der Waals surface area (Å²) < 4.78 is 12.2. The van der Waals surface area contributed by atoms with Gasteiger partial charge in [0.25, 0.3) is 0 Å². The van der Waals surface area contributed by atoms with Gasteiger partial charge in [0, 0.05) is 26.1 Å². The molecule has 1 aliphatic rings. The molecule has 0 amide bonds. The van der Waals surface area contributed by atoms with Crippen LogP contribution in [0, 0.1) is 0 Å². The van der Waals surface area contributed by atoms with Crippen molar-refractivity contribution >= 4 is 0 Å². The van der Waals surface area contributed by atoms with E-state index in [4.69, 9.17) is 9.47 Å². The maximum atomic E-state index is 5.47. The monoisotopic (exact) mass is 216 g/mol. The lowest BCUT2D eigenvalue weighted by atomic mass is 10.4. The number of quaternary nitrogens is 1. The number of hydrogen-bond donors (Lipinski definition) is 0. The van der Waals surface area contributed by atoms with Crippen molar-refractivity contribution in [3.63, 3.8) is 0 Å². The molecule has 0 saturated carbocycles. The van der Waals surface area contributed by atoms with Crippen LogP contribution in [-0.2, 0) is 9.47 Å². The summed E-state index contributed by atoms with van der Waals surface area (Å²) in [6, 6.07) is 0. The molecule has 1 heterocycles. The Labute approximate surface area is 93.9 Å². The van der Waals surface area contributed by atoms with Gasteiger partial charge in [-0.25, -0.2) is 0 Å². The zero-order valence-electron chi connectivity index (χ0n) is 10.3. The van der Waals surface area contributed by atoms with Crippen molar-refractivity contribution in [1.29, 1.82) is 0 Å². The lowest BCUT2D eigenvalue weighted by Gasteiger charge is -2.34. The van der Waals surface area contributed by atoms with Gasteiger partial charge in [-0.3, -0.25) is 0 Å². The van der Waals surface area contributed by atoms with E-state index in [0.29, 0.717) is 0 Å². The van der Waals surface area contributed by atoms with Crippen LogP contribution in [-0.4, -0.2) is 57.1 Å². The summed E-state index contributed by atoms with van der Waals surface area (Å²) >= 11 is 0. The van der Waals surface area contributed by atoms with Gasteiger partial charge < -0.3 is 14.0 Å². The Kier molecular flexibility index (Phi) is 6.22. The number of likely N-dealkylation sites (tertiary alicyclic amines) is 1. The highest BCUT2D eigenvalue weighted by Crippen LogP contribution is 2.18. The highest BCUT2D eigenvalue weighted by atomic mass is 16.5. The summed E-state index contributed by atoms with van der Waals surface area (Å²) in [5, 5.41) is 0. The van der Waals surface area contributed by atoms with E-state index in [0.717, 1.165) is 26.4 Å². The van der Waals surface area contributed by atoms with E-state index in [1.807, 2.05) is 0 Å². The minimum Gasteiger partial charge on any atom is -0.376 e. The first-order chi connectivity index (χ1) is 7.33. The largest absolute Gasteiger partial charge is 0.376 e. The quantitative estimate of drug-likeness (QED) is 0.454. The second-order valence-electron chi connectivity index (χ2n) is 4.34. The van der Waals surface area contributed by atoms with Crippen LogP contribution >= 0.6 is 0 Å². The third-order valence-electron chi connectivity index (χ3n) is 3.34. The summed E-state index contributed by atoms with van der Waals surface area (Å²) in [5.74, 6) is 0. The summed E-state index contributed by atoms with van der Waals surface area (Å²) in [5.41, 5.74) is 0. The standard InChI is InChI=1S/C12H26NO2/c1-3-14-11-9-13(7-5-6-8-13)10-12-15-4-2/h3-12H2,1-2H3/q+1.